The van der Waals surface area contributed by atoms with Crippen LogP contribution in [0.5, 0.6) is 0 Å². The number of rotatable bonds is 22. The lowest BCUT2D eigenvalue weighted by molar-refractivity contribution is -0.111. The van der Waals surface area contributed by atoms with Gasteiger partial charge in [0.25, 0.3) is 5.08 Å². The lowest BCUT2D eigenvalue weighted by atomic mass is 10.1. The molecule has 212 valence electrons. The fraction of sp³-hybridized carbons (Fsp3) is 0.958. The minimum absolute atomic E-state index is 0.168. The van der Waals surface area contributed by atoms with Gasteiger partial charge in [0.1, 0.15) is 0 Å². The number of hydrogen-bond donors (Lipinski definition) is 5. The van der Waals surface area contributed by atoms with E-state index in [9.17, 15) is 19.0 Å². The molecule has 0 aromatic carbocycles. The molecule has 8 nitrogen and oxygen atoms in total. The van der Waals surface area contributed by atoms with Gasteiger partial charge in [0.05, 0.1) is 0 Å². The van der Waals surface area contributed by atoms with Crippen molar-refractivity contribution in [3.63, 3.8) is 0 Å². The van der Waals surface area contributed by atoms with Gasteiger partial charge >= 0.3 is 15.2 Å². The monoisotopic (exact) mass is 564 g/mol. The van der Waals surface area contributed by atoms with E-state index in [4.69, 9.17) is 31.2 Å². The molecule has 35 heavy (non-hydrogen) atoms. The summed E-state index contributed by atoms with van der Waals surface area (Å²) in [6.45, 7) is 4.38. The zero-order chi connectivity index (χ0) is 27.2. The Morgan fingerprint density at radius 2 is 0.886 bits per heavy atom. The number of carbonyl (C=O) groups excluding carboxylic acids is 1. The summed E-state index contributed by atoms with van der Waals surface area (Å²) in [7, 11) is -10.6. The Balaban J connectivity index is 0. The Kier molecular flexibility index (Phi) is 23.7. The molecule has 0 bridgehead atoms. The van der Waals surface area contributed by atoms with Gasteiger partial charge in [-0.15, -0.1) is 0 Å². The maximum absolute atomic E-state index is 11.1. The summed E-state index contributed by atoms with van der Waals surface area (Å²) in [4.78, 5) is 46.3. The van der Waals surface area contributed by atoms with Crippen LogP contribution in [0.4, 0.5) is 0 Å². The Hall–Kier alpha value is 0.220. The third kappa shape index (κ3) is 20.9. The van der Waals surface area contributed by atoms with Crippen LogP contribution in [0.2, 0.25) is 0 Å². The van der Waals surface area contributed by atoms with E-state index >= 15 is 0 Å². The Labute approximate surface area is 218 Å². The van der Waals surface area contributed by atoms with Gasteiger partial charge in [-0.2, -0.15) is 0 Å². The first kappa shape index (κ1) is 37.4. The molecule has 0 saturated carbocycles. The zero-order valence-corrected chi connectivity index (χ0v) is 24.4. The number of hydrogen-bond acceptors (Lipinski definition) is 4. The van der Waals surface area contributed by atoms with Gasteiger partial charge in [-0.1, -0.05) is 117 Å². The van der Waals surface area contributed by atoms with Crippen molar-refractivity contribution >= 4 is 32.0 Å². The third-order valence-corrected chi connectivity index (χ3v) is 10.1. The lowest BCUT2D eigenvalue weighted by Crippen LogP contribution is -2.28. The summed E-state index contributed by atoms with van der Waals surface area (Å²) in [6.07, 6.45) is 19.9. The van der Waals surface area contributed by atoms with E-state index in [0.29, 0.717) is 12.8 Å². The third-order valence-electron chi connectivity index (χ3n) is 6.03. The molecule has 0 spiro atoms. The molecular weight excluding hydrogens is 514 g/mol. The maximum atomic E-state index is 11.1. The molecule has 0 aliphatic carbocycles. The van der Waals surface area contributed by atoms with Gasteiger partial charge in [-0.05, 0) is 30.9 Å². The number of aliphatic hydroxyl groups is 1. The molecule has 0 saturated heterocycles. The topological polar surface area (TPSA) is 152 Å². The first-order valence-electron chi connectivity index (χ1n) is 13.4. The predicted molar refractivity (Wildman–Crippen MR) is 144 cm³/mol. The van der Waals surface area contributed by atoms with Crippen molar-refractivity contribution < 1.29 is 38.6 Å². The van der Waals surface area contributed by atoms with Gasteiger partial charge in [0.2, 0.25) is 5.24 Å². The predicted octanol–water partition coefficient (Wildman–Crippen LogP) is 7.58. The van der Waals surface area contributed by atoms with Crippen molar-refractivity contribution in [2.24, 2.45) is 0 Å². The van der Waals surface area contributed by atoms with Crippen LogP contribution in [0.3, 0.4) is 0 Å². The van der Waals surface area contributed by atoms with E-state index in [0.717, 1.165) is 38.5 Å². The molecule has 0 aliphatic rings. The Morgan fingerprint density at radius 1 is 0.600 bits per heavy atom. The van der Waals surface area contributed by atoms with Crippen LogP contribution in [0.15, 0.2) is 0 Å². The van der Waals surface area contributed by atoms with Crippen LogP contribution in [-0.2, 0) is 13.9 Å². The van der Waals surface area contributed by atoms with E-state index in [1.165, 1.54) is 64.2 Å². The second-order valence-electron chi connectivity index (χ2n) is 9.37. The fourth-order valence-corrected chi connectivity index (χ4v) is 6.10. The molecule has 0 unspecified atom stereocenters. The molecule has 0 aromatic rings. The van der Waals surface area contributed by atoms with Crippen molar-refractivity contribution in [1.29, 1.82) is 0 Å². The molecular formula is C24H51ClO8P2. The van der Waals surface area contributed by atoms with Gasteiger partial charge in [-0.25, -0.2) is 0 Å². The van der Waals surface area contributed by atoms with Crippen LogP contribution in [-0.4, -0.2) is 35.0 Å². The molecule has 0 aromatic heterocycles. The number of halogens is 1. The fourth-order valence-electron chi connectivity index (χ4n) is 3.71. The average molecular weight is 565 g/mol. The summed E-state index contributed by atoms with van der Waals surface area (Å²) in [5.74, 6) is 0. The number of carbonyl (C=O) groups is 1. The van der Waals surface area contributed by atoms with E-state index in [1.807, 2.05) is 0 Å². The summed E-state index contributed by atoms with van der Waals surface area (Å²) in [6, 6.07) is 0. The van der Waals surface area contributed by atoms with Crippen LogP contribution in [0.1, 0.15) is 142 Å². The second-order valence-corrected chi connectivity index (χ2v) is 13.8. The van der Waals surface area contributed by atoms with Crippen molar-refractivity contribution in [2.75, 3.05) is 0 Å². The Morgan fingerprint density at radius 3 is 1.17 bits per heavy atom. The molecule has 0 aliphatic heterocycles. The quantitative estimate of drug-likeness (QED) is 0.0512. The highest BCUT2D eigenvalue weighted by Gasteiger charge is 2.58. The van der Waals surface area contributed by atoms with Crippen molar-refractivity contribution in [3.8, 4) is 0 Å². The molecule has 0 heterocycles. The molecule has 0 rings (SSSR count). The first-order valence-corrected chi connectivity index (χ1v) is 17.0. The van der Waals surface area contributed by atoms with E-state index in [2.05, 4.69) is 13.8 Å². The average Bonchev–Trinajstić information content (AvgIpc) is 2.75. The van der Waals surface area contributed by atoms with Crippen LogP contribution in [0, 0.1) is 0 Å². The van der Waals surface area contributed by atoms with Crippen LogP contribution >= 0.6 is 26.8 Å². The molecule has 11 heteroatoms. The Bertz CT molecular complexity index is 584. The summed E-state index contributed by atoms with van der Waals surface area (Å²) >= 11 is 5.24. The van der Waals surface area contributed by atoms with Gasteiger partial charge in [-0.3, -0.25) is 13.9 Å². The van der Waals surface area contributed by atoms with Crippen molar-refractivity contribution in [2.45, 2.75) is 147 Å². The molecule has 5 N–H and O–H groups in total. The largest absolute Gasteiger partial charge is 0.369 e. The second kappa shape index (κ2) is 22.2. The summed E-state index contributed by atoms with van der Waals surface area (Å²) in [5.41, 5.74) is 0. The molecule has 0 fully saturated rings. The van der Waals surface area contributed by atoms with Crippen LogP contribution < -0.4 is 0 Å². The smallest absolute Gasteiger partial charge is 0.368 e. The molecule has 0 radical (unpaired) electrons. The normalized spacial score (nSPS) is 12.3. The van der Waals surface area contributed by atoms with Gasteiger partial charge < -0.3 is 24.7 Å². The van der Waals surface area contributed by atoms with E-state index < -0.39 is 26.7 Å². The van der Waals surface area contributed by atoms with Crippen molar-refractivity contribution in [1.82, 2.24) is 0 Å². The minimum Gasteiger partial charge on any atom is -0.368 e. The lowest BCUT2D eigenvalue weighted by Gasteiger charge is -2.29. The summed E-state index contributed by atoms with van der Waals surface area (Å²) < 4.78 is 22.2. The number of unbranched alkanes of at least 4 members (excludes halogenated alkanes) is 16. The van der Waals surface area contributed by atoms with E-state index in [1.54, 1.807) is 0 Å². The van der Waals surface area contributed by atoms with Gasteiger partial charge in [0.15, 0.2) is 0 Å². The maximum Gasteiger partial charge on any atom is 0.369 e. The summed E-state index contributed by atoms with van der Waals surface area (Å²) in [5, 5.41) is 6.22. The zero-order valence-electron chi connectivity index (χ0n) is 21.9. The highest BCUT2D eigenvalue weighted by molar-refractivity contribution is 7.72. The minimum atomic E-state index is -5.29. The molecule has 0 amide bonds. The van der Waals surface area contributed by atoms with Crippen LogP contribution in [0.25, 0.3) is 0 Å². The highest BCUT2D eigenvalue weighted by Crippen LogP contribution is 2.69. The standard InChI is InChI=1S/C12H23ClO.C12H28O7P2/c1-2-3-4-5-6-7-8-9-10-11-12(13)14;1-2-3-4-5-6-7-8-9-10-11-12(13,20(14,15)16)21(17,18)19/h2-11H2,1H3;13H,2-11H2,1H3,(H2,14,15,16)(H2,17,18,19). The SMILES string of the molecule is CCCCCCCCCCCC(=O)Cl.CCCCCCCCCCCC(O)(P(=O)(O)O)P(=O)(O)O. The highest BCUT2D eigenvalue weighted by atomic mass is 35.5. The van der Waals surface area contributed by atoms with Gasteiger partial charge in [0, 0.05) is 6.42 Å². The van der Waals surface area contributed by atoms with Crippen molar-refractivity contribution in [3.05, 3.63) is 0 Å². The van der Waals surface area contributed by atoms with E-state index in [-0.39, 0.29) is 11.7 Å². The first-order chi connectivity index (χ1) is 16.3. The molecule has 0 atom stereocenters.